The number of benzene rings is 2. The molecular weight excluding hydrogens is 280 g/mol. The summed E-state index contributed by atoms with van der Waals surface area (Å²) in [7, 11) is 1.51. The van der Waals surface area contributed by atoms with E-state index in [1.807, 2.05) is 13.8 Å². The van der Waals surface area contributed by atoms with Crippen molar-refractivity contribution in [3.05, 3.63) is 58.7 Å². The molecule has 0 saturated carbocycles. The first-order valence-electron chi connectivity index (χ1n) is 6.79. The monoisotopic (exact) mass is 298 g/mol. The summed E-state index contributed by atoms with van der Waals surface area (Å²) >= 11 is 0. The number of aromatic hydroxyl groups is 1. The van der Waals surface area contributed by atoms with Crippen LogP contribution in [0.15, 0.2) is 41.5 Å². The maximum absolute atomic E-state index is 12.1. The first-order chi connectivity index (χ1) is 10.5. The first-order valence-corrected chi connectivity index (χ1v) is 6.79. The molecule has 5 heteroatoms. The van der Waals surface area contributed by atoms with Gasteiger partial charge in [0, 0.05) is 0 Å². The molecule has 0 aliphatic carbocycles. The van der Waals surface area contributed by atoms with E-state index in [-0.39, 0.29) is 11.7 Å². The van der Waals surface area contributed by atoms with Crippen molar-refractivity contribution in [2.24, 2.45) is 5.10 Å². The zero-order valence-electron chi connectivity index (χ0n) is 12.8. The van der Waals surface area contributed by atoms with Crippen LogP contribution in [0.3, 0.4) is 0 Å². The number of para-hydroxylation sites is 1. The molecule has 0 saturated heterocycles. The SMILES string of the molecule is COc1ccccc1C(=O)NN=Cc1cc(C)c(O)c(C)c1. The minimum atomic E-state index is -0.346. The summed E-state index contributed by atoms with van der Waals surface area (Å²) in [5, 5.41) is 13.7. The summed E-state index contributed by atoms with van der Waals surface area (Å²) in [6.07, 6.45) is 1.53. The van der Waals surface area contributed by atoms with Crippen LogP contribution in [-0.2, 0) is 0 Å². The van der Waals surface area contributed by atoms with Crippen molar-refractivity contribution in [3.63, 3.8) is 0 Å². The lowest BCUT2D eigenvalue weighted by Crippen LogP contribution is -2.18. The quantitative estimate of drug-likeness (QED) is 0.673. The number of carbonyl (C=O) groups excluding carboxylic acids is 1. The minimum Gasteiger partial charge on any atom is -0.507 e. The van der Waals surface area contributed by atoms with E-state index in [2.05, 4.69) is 10.5 Å². The molecule has 0 aliphatic rings. The number of aryl methyl sites for hydroxylation is 2. The van der Waals surface area contributed by atoms with Gasteiger partial charge in [0.1, 0.15) is 11.5 Å². The van der Waals surface area contributed by atoms with E-state index in [4.69, 9.17) is 4.74 Å². The Morgan fingerprint density at radius 3 is 2.50 bits per heavy atom. The number of hydrogen-bond acceptors (Lipinski definition) is 4. The summed E-state index contributed by atoms with van der Waals surface area (Å²) in [6, 6.07) is 10.5. The fraction of sp³-hybridized carbons (Fsp3) is 0.176. The van der Waals surface area contributed by atoms with E-state index < -0.39 is 0 Å². The van der Waals surface area contributed by atoms with Crippen LogP contribution in [0.4, 0.5) is 0 Å². The Bertz CT molecular complexity index is 701. The molecule has 22 heavy (non-hydrogen) atoms. The van der Waals surface area contributed by atoms with E-state index in [1.165, 1.54) is 13.3 Å². The molecule has 2 N–H and O–H groups in total. The lowest BCUT2D eigenvalue weighted by molar-refractivity contribution is 0.0952. The van der Waals surface area contributed by atoms with Gasteiger partial charge in [0.15, 0.2) is 0 Å². The number of carbonyl (C=O) groups is 1. The molecule has 0 aliphatic heterocycles. The van der Waals surface area contributed by atoms with Gasteiger partial charge in [-0.05, 0) is 54.8 Å². The summed E-state index contributed by atoms with van der Waals surface area (Å²) < 4.78 is 5.14. The fourth-order valence-corrected chi connectivity index (χ4v) is 2.12. The third-order valence-electron chi connectivity index (χ3n) is 3.24. The van der Waals surface area contributed by atoms with Crippen LogP contribution in [0.25, 0.3) is 0 Å². The van der Waals surface area contributed by atoms with Gasteiger partial charge >= 0.3 is 0 Å². The molecule has 5 nitrogen and oxygen atoms in total. The smallest absolute Gasteiger partial charge is 0.275 e. The molecule has 2 rings (SSSR count). The number of nitrogens with one attached hydrogen (secondary N) is 1. The summed E-state index contributed by atoms with van der Waals surface area (Å²) in [5.74, 6) is 0.419. The lowest BCUT2D eigenvalue weighted by Gasteiger charge is -2.06. The predicted octanol–water partition coefficient (Wildman–Crippen LogP) is 2.78. The molecule has 114 valence electrons. The van der Waals surface area contributed by atoms with Crippen LogP contribution >= 0.6 is 0 Å². The number of phenolic OH excluding ortho intramolecular Hbond substituents is 1. The van der Waals surface area contributed by atoms with Crippen LogP contribution in [0.2, 0.25) is 0 Å². The number of hydrogen-bond donors (Lipinski definition) is 2. The Labute approximate surface area is 129 Å². The lowest BCUT2D eigenvalue weighted by atomic mass is 10.1. The first kappa shape index (κ1) is 15.6. The van der Waals surface area contributed by atoms with Crippen LogP contribution < -0.4 is 10.2 Å². The van der Waals surface area contributed by atoms with Crippen LogP contribution in [0.5, 0.6) is 11.5 Å². The molecule has 1 amide bonds. The van der Waals surface area contributed by atoms with Gasteiger partial charge in [-0.3, -0.25) is 4.79 Å². The number of nitrogens with zero attached hydrogens (tertiary/aromatic N) is 1. The van der Waals surface area contributed by atoms with Crippen LogP contribution in [-0.4, -0.2) is 24.3 Å². The summed E-state index contributed by atoms with van der Waals surface area (Å²) in [4.78, 5) is 12.1. The Morgan fingerprint density at radius 2 is 1.86 bits per heavy atom. The largest absolute Gasteiger partial charge is 0.507 e. The molecule has 2 aromatic carbocycles. The van der Waals surface area contributed by atoms with Crippen molar-refractivity contribution in [2.45, 2.75) is 13.8 Å². The Kier molecular flexibility index (Phi) is 4.78. The zero-order valence-corrected chi connectivity index (χ0v) is 12.8. The molecule has 0 radical (unpaired) electrons. The van der Waals surface area contributed by atoms with Crippen molar-refractivity contribution in [2.75, 3.05) is 7.11 Å². The van der Waals surface area contributed by atoms with Gasteiger partial charge < -0.3 is 9.84 Å². The van der Waals surface area contributed by atoms with E-state index >= 15 is 0 Å². The van der Waals surface area contributed by atoms with Crippen molar-refractivity contribution >= 4 is 12.1 Å². The highest BCUT2D eigenvalue weighted by Gasteiger charge is 2.10. The van der Waals surface area contributed by atoms with Gasteiger partial charge in [-0.15, -0.1) is 0 Å². The highest BCUT2D eigenvalue weighted by atomic mass is 16.5. The number of methoxy groups -OCH3 is 1. The van der Waals surface area contributed by atoms with Gasteiger partial charge in [0.2, 0.25) is 0 Å². The van der Waals surface area contributed by atoms with Gasteiger partial charge in [0.05, 0.1) is 18.9 Å². The second-order valence-corrected chi connectivity index (χ2v) is 4.90. The number of amides is 1. The molecule has 0 bridgehead atoms. The number of rotatable bonds is 4. The van der Waals surface area contributed by atoms with Crippen molar-refractivity contribution in [1.82, 2.24) is 5.43 Å². The molecular formula is C17H18N2O3. The molecule has 0 atom stereocenters. The Morgan fingerprint density at radius 1 is 1.23 bits per heavy atom. The standard InChI is InChI=1S/C17H18N2O3/c1-11-8-13(9-12(2)16(11)20)10-18-19-17(21)14-6-4-5-7-15(14)22-3/h4-10,20H,1-3H3,(H,19,21). The summed E-state index contributed by atoms with van der Waals surface area (Å²) in [5.41, 5.74) is 5.20. The fourth-order valence-electron chi connectivity index (χ4n) is 2.12. The van der Waals surface area contributed by atoms with Crippen molar-refractivity contribution in [3.8, 4) is 11.5 Å². The highest BCUT2D eigenvalue weighted by molar-refractivity contribution is 5.97. The molecule has 0 spiro atoms. The third kappa shape index (κ3) is 3.44. The molecule has 0 aromatic heterocycles. The van der Waals surface area contributed by atoms with Crippen LogP contribution in [0.1, 0.15) is 27.0 Å². The van der Waals surface area contributed by atoms with Gasteiger partial charge in [-0.1, -0.05) is 12.1 Å². The average molecular weight is 298 g/mol. The minimum absolute atomic E-state index is 0.273. The van der Waals surface area contributed by atoms with Gasteiger partial charge in [0.25, 0.3) is 5.91 Å². The maximum Gasteiger partial charge on any atom is 0.275 e. The second kappa shape index (κ2) is 6.76. The third-order valence-corrected chi connectivity index (χ3v) is 3.24. The van der Waals surface area contributed by atoms with Crippen LogP contribution in [0, 0.1) is 13.8 Å². The van der Waals surface area contributed by atoms with Crippen molar-refractivity contribution < 1.29 is 14.6 Å². The van der Waals surface area contributed by atoms with Gasteiger partial charge in [-0.25, -0.2) is 5.43 Å². The summed E-state index contributed by atoms with van der Waals surface area (Å²) in [6.45, 7) is 3.63. The number of ether oxygens (including phenoxy) is 1. The van der Waals surface area contributed by atoms with Crippen molar-refractivity contribution in [1.29, 1.82) is 0 Å². The topological polar surface area (TPSA) is 70.9 Å². The number of phenols is 1. The number of hydrazone groups is 1. The predicted molar refractivity (Wildman–Crippen MR) is 85.6 cm³/mol. The normalized spacial score (nSPS) is 10.7. The Balaban J connectivity index is 2.11. The average Bonchev–Trinajstić information content (AvgIpc) is 2.52. The van der Waals surface area contributed by atoms with E-state index in [1.54, 1.807) is 36.4 Å². The molecule has 0 unspecified atom stereocenters. The zero-order chi connectivity index (χ0) is 16.1. The van der Waals surface area contributed by atoms with E-state index in [0.29, 0.717) is 11.3 Å². The maximum atomic E-state index is 12.1. The highest BCUT2D eigenvalue weighted by Crippen LogP contribution is 2.22. The molecule has 0 heterocycles. The Hall–Kier alpha value is -2.82. The molecule has 2 aromatic rings. The second-order valence-electron chi connectivity index (χ2n) is 4.90. The van der Waals surface area contributed by atoms with E-state index in [9.17, 15) is 9.90 Å². The van der Waals surface area contributed by atoms with Gasteiger partial charge in [-0.2, -0.15) is 5.10 Å². The van der Waals surface area contributed by atoms with E-state index in [0.717, 1.165) is 16.7 Å². The molecule has 0 fully saturated rings.